The Balaban J connectivity index is 2.15. The molecule has 1 N–H and O–H groups in total. The summed E-state index contributed by atoms with van der Waals surface area (Å²) >= 11 is 5.53. The van der Waals surface area contributed by atoms with Crippen LogP contribution in [0.1, 0.15) is 11.4 Å². The van der Waals surface area contributed by atoms with Crippen LogP contribution in [0.2, 0.25) is 0 Å². The third-order valence-electron chi connectivity index (χ3n) is 2.18. The van der Waals surface area contributed by atoms with Crippen molar-refractivity contribution in [3.8, 4) is 0 Å². The minimum atomic E-state index is -0.236. The van der Waals surface area contributed by atoms with E-state index < -0.39 is 0 Å². The summed E-state index contributed by atoms with van der Waals surface area (Å²) in [4.78, 5) is 13.1. The third-order valence-corrected chi connectivity index (χ3v) is 2.34. The highest BCUT2D eigenvalue weighted by atomic mass is 35.5. The van der Waals surface area contributed by atoms with Crippen LogP contribution in [0.3, 0.4) is 0 Å². The maximum Gasteiger partial charge on any atom is 0.265 e. The lowest BCUT2D eigenvalue weighted by molar-refractivity contribution is -0.127. The molecule has 14 heavy (non-hydrogen) atoms. The van der Waals surface area contributed by atoms with Gasteiger partial charge in [-0.2, -0.15) is 15.4 Å². The number of hydrogen-bond donors (Lipinski definition) is 1. The van der Waals surface area contributed by atoms with E-state index in [1.54, 1.807) is 4.90 Å². The van der Waals surface area contributed by atoms with Gasteiger partial charge in [0.15, 0.2) is 0 Å². The molecule has 0 saturated heterocycles. The molecule has 6 heteroatoms. The second-order valence-electron chi connectivity index (χ2n) is 3.10. The quantitative estimate of drug-likeness (QED) is 0.688. The molecule has 2 rings (SSSR count). The summed E-state index contributed by atoms with van der Waals surface area (Å²) in [7, 11) is 0. The normalized spacial score (nSPS) is 15.1. The topological polar surface area (TPSA) is 61.9 Å². The molecule has 74 valence electrons. The molecule has 0 aliphatic carbocycles. The van der Waals surface area contributed by atoms with E-state index in [2.05, 4.69) is 22.0 Å². The van der Waals surface area contributed by atoms with E-state index >= 15 is 0 Å². The molecule has 0 saturated carbocycles. The molecule has 0 aromatic carbocycles. The van der Waals surface area contributed by atoms with Crippen LogP contribution in [0.4, 0.5) is 0 Å². The Bertz CT molecular complexity index is 386. The Kier molecular flexibility index (Phi) is 2.25. The number of nitrogens with one attached hydrogen (secondary N) is 1. The van der Waals surface area contributed by atoms with Gasteiger partial charge in [0.05, 0.1) is 17.3 Å². The monoisotopic (exact) mass is 212 g/mol. The highest BCUT2D eigenvalue weighted by Crippen LogP contribution is 2.16. The first-order valence-corrected chi connectivity index (χ1v) is 4.58. The summed E-state index contributed by atoms with van der Waals surface area (Å²) < 4.78 is 0. The van der Waals surface area contributed by atoms with Gasteiger partial charge in [-0.05, 0) is 0 Å². The molecule has 2 heterocycles. The SMILES string of the molecule is C=C(Cl)C(=O)N1CCc2n[nH]nc2C1. The molecule has 0 spiro atoms. The van der Waals surface area contributed by atoms with Gasteiger partial charge < -0.3 is 4.90 Å². The number of halogens is 1. The van der Waals surface area contributed by atoms with Crippen molar-refractivity contribution >= 4 is 17.5 Å². The molecule has 1 aliphatic rings. The summed E-state index contributed by atoms with van der Waals surface area (Å²) in [6.45, 7) is 4.47. The Hall–Kier alpha value is -1.36. The van der Waals surface area contributed by atoms with Gasteiger partial charge >= 0.3 is 0 Å². The number of carbonyl (C=O) groups excluding carboxylic acids is 1. The zero-order valence-corrected chi connectivity index (χ0v) is 8.21. The van der Waals surface area contributed by atoms with Crippen molar-refractivity contribution in [2.24, 2.45) is 0 Å². The lowest BCUT2D eigenvalue weighted by atomic mass is 10.1. The van der Waals surface area contributed by atoms with Crippen LogP contribution in [-0.4, -0.2) is 32.8 Å². The van der Waals surface area contributed by atoms with Crippen molar-refractivity contribution in [2.75, 3.05) is 6.54 Å². The molecule has 1 aromatic heterocycles. The van der Waals surface area contributed by atoms with E-state index in [9.17, 15) is 4.79 Å². The number of H-pyrrole nitrogens is 1. The molecular formula is C8H9ClN4O. The fourth-order valence-corrected chi connectivity index (χ4v) is 1.57. The number of aromatic amines is 1. The van der Waals surface area contributed by atoms with Crippen molar-refractivity contribution < 1.29 is 4.79 Å². The largest absolute Gasteiger partial charge is 0.331 e. The Morgan fingerprint density at radius 3 is 2.93 bits per heavy atom. The molecule has 0 bridgehead atoms. The van der Waals surface area contributed by atoms with Gasteiger partial charge in [-0.3, -0.25) is 4.79 Å². The molecule has 1 aromatic rings. The zero-order valence-electron chi connectivity index (χ0n) is 7.46. The van der Waals surface area contributed by atoms with Gasteiger partial charge in [-0.1, -0.05) is 18.2 Å². The average molecular weight is 213 g/mol. The third kappa shape index (κ3) is 1.50. The molecular weight excluding hydrogens is 204 g/mol. The smallest absolute Gasteiger partial charge is 0.265 e. The van der Waals surface area contributed by atoms with Crippen LogP contribution in [0.5, 0.6) is 0 Å². The van der Waals surface area contributed by atoms with Gasteiger partial charge in [0.25, 0.3) is 5.91 Å². The van der Waals surface area contributed by atoms with E-state index in [1.165, 1.54) is 0 Å². The molecule has 1 amide bonds. The van der Waals surface area contributed by atoms with E-state index in [0.717, 1.165) is 11.4 Å². The van der Waals surface area contributed by atoms with Crippen molar-refractivity contribution in [3.63, 3.8) is 0 Å². The molecule has 0 unspecified atom stereocenters. The summed E-state index contributed by atoms with van der Waals surface area (Å²) in [5.41, 5.74) is 1.73. The number of hydrogen-bond acceptors (Lipinski definition) is 3. The maximum absolute atomic E-state index is 11.5. The highest BCUT2D eigenvalue weighted by molar-refractivity contribution is 6.41. The standard InChI is InChI=1S/C8H9ClN4O/c1-5(9)8(14)13-3-2-6-7(4-13)11-12-10-6/h1-4H2,(H,10,11,12). The fraction of sp³-hybridized carbons (Fsp3) is 0.375. The first kappa shape index (κ1) is 9.21. The minimum absolute atomic E-state index is 0.0388. The van der Waals surface area contributed by atoms with Crippen molar-refractivity contribution in [3.05, 3.63) is 23.0 Å². The van der Waals surface area contributed by atoms with Gasteiger partial charge in [0.1, 0.15) is 5.69 Å². The first-order chi connectivity index (χ1) is 6.68. The number of fused-ring (bicyclic) bond motifs is 1. The van der Waals surface area contributed by atoms with Gasteiger partial charge in [0, 0.05) is 13.0 Å². The van der Waals surface area contributed by atoms with Crippen LogP contribution in [0.15, 0.2) is 11.6 Å². The molecule has 1 aliphatic heterocycles. The van der Waals surface area contributed by atoms with Crippen molar-refractivity contribution in [1.29, 1.82) is 0 Å². The summed E-state index contributed by atoms with van der Waals surface area (Å²) in [5, 5.41) is 10.5. The van der Waals surface area contributed by atoms with Crippen molar-refractivity contribution in [2.45, 2.75) is 13.0 Å². The lowest BCUT2D eigenvalue weighted by Gasteiger charge is -2.24. The number of rotatable bonds is 1. The predicted molar refractivity (Wildman–Crippen MR) is 50.5 cm³/mol. The second-order valence-corrected chi connectivity index (χ2v) is 3.55. The van der Waals surface area contributed by atoms with Crippen LogP contribution in [-0.2, 0) is 17.8 Å². The molecule has 0 radical (unpaired) electrons. The van der Waals surface area contributed by atoms with E-state index in [1.807, 2.05) is 0 Å². The number of amides is 1. The van der Waals surface area contributed by atoms with E-state index in [4.69, 9.17) is 11.6 Å². The molecule has 5 nitrogen and oxygen atoms in total. The average Bonchev–Trinajstić information content (AvgIpc) is 2.62. The van der Waals surface area contributed by atoms with Gasteiger partial charge in [-0.15, -0.1) is 0 Å². The maximum atomic E-state index is 11.5. The van der Waals surface area contributed by atoms with Gasteiger partial charge in [-0.25, -0.2) is 0 Å². The fourth-order valence-electron chi connectivity index (χ4n) is 1.45. The Labute approximate surface area is 85.7 Å². The number of nitrogens with zero attached hydrogens (tertiary/aromatic N) is 3. The second kappa shape index (κ2) is 3.42. The summed E-state index contributed by atoms with van der Waals surface area (Å²) in [6.07, 6.45) is 0.710. The van der Waals surface area contributed by atoms with Crippen LogP contribution in [0, 0.1) is 0 Å². The van der Waals surface area contributed by atoms with Crippen LogP contribution >= 0.6 is 11.6 Å². The van der Waals surface area contributed by atoms with Crippen molar-refractivity contribution in [1.82, 2.24) is 20.3 Å². The van der Waals surface area contributed by atoms with Crippen LogP contribution < -0.4 is 0 Å². The highest BCUT2D eigenvalue weighted by Gasteiger charge is 2.23. The number of aromatic nitrogens is 3. The van der Waals surface area contributed by atoms with E-state index in [0.29, 0.717) is 19.5 Å². The van der Waals surface area contributed by atoms with Gasteiger partial charge in [0.2, 0.25) is 0 Å². The minimum Gasteiger partial charge on any atom is -0.331 e. The summed E-state index contributed by atoms with van der Waals surface area (Å²) in [5.74, 6) is -0.236. The summed E-state index contributed by atoms with van der Waals surface area (Å²) in [6, 6.07) is 0. The number of carbonyl (C=O) groups is 1. The van der Waals surface area contributed by atoms with Crippen LogP contribution in [0.25, 0.3) is 0 Å². The lowest BCUT2D eigenvalue weighted by Crippen LogP contribution is -2.35. The Morgan fingerprint density at radius 1 is 1.50 bits per heavy atom. The van der Waals surface area contributed by atoms with E-state index in [-0.39, 0.29) is 10.9 Å². The predicted octanol–water partition coefficient (Wildman–Crippen LogP) is 0.442. The Morgan fingerprint density at radius 2 is 2.21 bits per heavy atom. The zero-order chi connectivity index (χ0) is 10.1. The molecule has 0 fully saturated rings. The molecule has 0 atom stereocenters. The first-order valence-electron chi connectivity index (χ1n) is 4.20.